The molecule has 8 heteroatoms. The fourth-order valence-electron chi connectivity index (χ4n) is 3.25. The second-order valence-corrected chi connectivity index (χ2v) is 6.42. The zero-order valence-electron chi connectivity index (χ0n) is 16.2. The number of phenols is 1. The zero-order valence-corrected chi connectivity index (χ0v) is 16.2. The lowest BCUT2D eigenvalue weighted by atomic mass is 9.87. The SMILES string of the molecule is C=C1NC(=O)N[C@@H](c2ccc(OCC)cc2O)[C@@H]1C(=O)Nc1ccccc1OC. The van der Waals surface area contributed by atoms with E-state index in [4.69, 9.17) is 9.47 Å². The molecule has 1 fully saturated rings. The highest BCUT2D eigenvalue weighted by atomic mass is 16.5. The molecule has 2 aromatic rings. The Labute approximate surface area is 168 Å². The number of benzene rings is 2. The van der Waals surface area contributed by atoms with Crippen LogP contribution in [0.4, 0.5) is 10.5 Å². The van der Waals surface area contributed by atoms with Gasteiger partial charge in [0.25, 0.3) is 0 Å². The molecule has 0 aromatic heterocycles. The molecule has 29 heavy (non-hydrogen) atoms. The van der Waals surface area contributed by atoms with Gasteiger partial charge in [0.15, 0.2) is 0 Å². The summed E-state index contributed by atoms with van der Waals surface area (Å²) in [6.45, 7) is 6.11. The van der Waals surface area contributed by atoms with E-state index in [1.54, 1.807) is 36.4 Å². The van der Waals surface area contributed by atoms with E-state index in [1.165, 1.54) is 13.2 Å². The van der Waals surface area contributed by atoms with E-state index in [0.29, 0.717) is 29.4 Å². The summed E-state index contributed by atoms with van der Waals surface area (Å²) in [5.41, 5.74) is 1.09. The van der Waals surface area contributed by atoms with Gasteiger partial charge in [-0.05, 0) is 31.2 Å². The molecule has 3 rings (SSSR count). The van der Waals surface area contributed by atoms with Gasteiger partial charge in [0, 0.05) is 17.3 Å². The molecule has 0 spiro atoms. The number of carbonyl (C=O) groups excluding carboxylic acids is 2. The van der Waals surface area contributed by atoms with Gasteiger partial charge in [-0.15, -0.1) is 0 Å². The van der Waals surface area contributed by atoms with E-state index in [2.05, 4.69) is 22.5 Å². The Morgan fingerprint density at radius 1 is 1.28 bits per heavy atom. The number of nitrogens with one attached hydrogen (secondary N) is 3. The topological polar surface area (TPSA) is 109 Å². The molecule has 0 saturated carbocycles. The average Bonchev–Trinajstić information content (AvgIpc) is 2.68. The van der Waals surface area contributed by atoms with Crippen LogP contribution in [0.1, 0.15) is 18.5 Å². The van der Waals surface area contributed by atoms with Gasteiger partial charge >= 0.3 is 6.03 Å². The monoisotopic (exact) mass is 397 g/mol. The summed E-state index contributed by atoms with van der Waals surface area (Å²) in [6.07, 6.45) is 0. The molecule has 2 atom stereocenters. The Morgan fingerprint density at radius 3 is 2.72 bits per heavy atom. The molecule has 3 amide bonds. The normalized spacial score (nSPS) is 18.4. The molecule has 0 aliphatic carbocycles. The Hall–Kier alpha value is -3.68. The van der Waals surface area contributed by atoms with E-state index in [1.807, 2.05) is 6.92 Å². The van der Waals surface area contributed by atoms with Crippen LogP contribution in [0.5, 0.6) is 17.2 Å². The number of phenolic OH excluding ortho intramolecular Hbond substituents is 1. The van der Waals surface area contributed by atoms with Crippen LogP contribution in [0.2, 0.25) is 0 Å². The van der Waals surface area contributed by atoms with Gasteiger partial charge in [0.1, 0.15) is 23.2 Å². The van der Waals surface area contributed by atoms with Gasteiger partial charge in [0.05, 0.1) is 25.4 Å². The van der Waals surface area contributed by atoms with Crippen LogP contribution in [0.15, 0.2) is 54.7 Å². The van der Waals surface area contributed by atoms with Crippen molar-refractivity contribution in [3.05, 3.63) is 60.3 Å². The Bertz CT molecular complexity index is 944. The molecule has 8 nitrogen and oxygen atoms in total. The number of ether oxygens (including phenoxy) is 2. The lowest BCUT2D eigenvalue weighted by Gasteiger charge is -2.34. The number of hydrogen-bond donors (Lipinski definition) is 4. The fourth-order valence-corrected chi connectivity index (χ4v) is 3.25. The summed E-state index contributed by atoms with van der Waals surface area (Å²) in [6, 6.07) is 10.4. The smallest absolute Gasteiger partial charge is 0.319 e. The number of aromatic hydroxyl groups is 1. The van der Waals surface area contributed by atoms with Crippen molar-refractivity contribution in [2.75, 3.05) is 19.0 Å². The molecule has 1 aliphatic rings. The van der Waals surface area contributed by atoms with Crippen molar-refractivity contribution in [3.8, 4) is 17.2 Å². The first kappa shape index (κ1) is 20.1. The predicted molar refractivity (Wildman–Crippen MR) is 108 cm³/mol. The van der Waals surface area contributed by atoms with Crippen molar-refractivity contribution in [2.45, 2.75) is 13.0 Å². The van der Waals surface area contributed by atoms with Crippen LogP contribution < -0.4 is 25.4 Å². The van der Waals surface area contributed by atoms with Crippen LogP contribution >= 0.6 is 0 Å². The summed E-state index contributed by atoms with van der Waals surface area (Å²) in [5.74, 6) is -0.389. The second-order valence-electron chi connectivity index (χ2n) is 6.42. The zero-order chi connectivity index (χ0) is 21.0. The van der Waals surface area contributed by atoms with E-state index < -0.39 is 23.9 Å². The number of para-hydroxylation sites is 2. The number of hydrogen-bond acceptors (Lipinski definition) is 5. The molecule has 1 heterocycles. The number of rotatable bonds is 6. The summed E-state index contributed by atoms with van der Waals surface area (Å²) in [4.78, 5) is 25.1. The molecule has 152 valence electrons. The lowest BCUT2D eigenvalue weighted by Crippen LogP contribution is -2.51. The molecule has 0 unspecified atom stereocenters. The maximum absolute atomic E-state index is 13.1. The first-order valence-corrected chi connectivity index (χ1v) is 9.10. The highest BCUT2D eigenvalue weighted by molar-refractivity contribution is 5.98. The molecular formula is C21H23N3O5. The minimum absolute atomic E-state index is 0.0916. The average molecular weight is 397 g/mol. The van der Waals surface area contributed by atoms with Crippen molar-refractivity contribution in [2.24, 2.45) is 5.92 Å². The fraction of sp³-hybridized carbons (Fsp3) is 0.238. The van der Waals surface area contributed by atoms with Crippen LogP contribution in [-0.4, -0.2) is 30.8 Å². The maximum atomic E-state index is 13.1. The van der Waals surface area contributed by atoms with E-state index in [0.717, 1.165) is 0 Å². The third-order valence-corrected chi connectivity index (χ3v) is 4.56. The van der Waals surface area contributed by atoms with Crippen molar-refractivity contribution in [1.29, 1.82) is 0 Å². The number of carbonyl (C=O) groups is 2. The summed E-state index contributed by atoms with van der Waals surface area (Å²) < 4.78 is 10.6. The van der Waals surface area contributed by atoms with Crippen LogP contribution in [0.25, 0.3) is 0 Å². The van der Waals surface area contributed by atoms with Crippen LogP contribution in [0.3, 0.4) is 0 Å². The minimum atomic E-state index is -0.874. The minimum Gasteiger partial charge on any atom is -0.507 e. The first-order valence-electron chi connectivity index (χ1n) is 9.10. The second kappa shape index (κ2) is 8.55. The predicted octanol–water partition coefficient (Wildman–Crippen LogP) is 2.92. The number of methoxy groups -OCH3 is 1. The highest BCUT2D eigenvalue weighted by Gasteiger charge is 2.39. The van der Waals surface area contributed by atoms with Crippen LogP contribution in [-0.2, 0) is 4.79 Å². The summed E-state index contributed by atoms with van der Waals surface area (Å²) in [7, 11) is 1.51. The molecule has 0 radical (unpaired) electrons. The molecule has 4 N–H and O–H groups in total. The van der Waals surface area contributed by atoms with E-state index in [9.17, 15) is 14.7 Å². The Kier molecular flexibility index (Phi) is 5.92. The van der Waals surface area contributed by atoms with Crippen molar-refractivity contribution in [3.63, 3.8) is 0 Å². The third kappa shape index (κ3) is 4.26. The van der Waals surface area contributed by atoms with Gasteiger partial charge in [-0.25, -0.2) is 4.79 Å². The molecule has 0 bridgehead atoms. The summed E-state index contributed by atoms with van der Waals surface area (Å²) in [5, 5.41) is 18.5. The van der Waals surface area contributed by atoms with Gasteiger partial charge in [-0.2, -0.15) is 0 Å². The lowest BCUT2D eigenvalue weighted by molar-refractivity contribution is -0.119. The van der Waals surface area contributed by atoms with E-state index >= 15 is 0 Å². The van der Waals surface area contributed by atoms with Crippen molar-refractivity contribution in [1.82, 2.24) is 10.6 Å². The van der Waals surface area contributed by atoms with Gasteiger partial charge in [-0.1, -0.05) is 18.7 Å². The first-order chi connectivity index (χ1) is 13.9. The van der Waals surface area contributed by atoms with Crippen molar-refractivity contribution < 1.29 is 24.2 Å². The van der Waals surface area contributed by atoms with Crippen molar-refractivity contribution >= 4 is 17.6 Å². The quantitative estimate of drug-likeness (QED) is 0.599. The molecule has 1 saturated heterocycles. The highest BCUT2D eigenvalue weighted by Crippen LogP contribution is 2.37. The van der Waals surface area contributed by atoms with Crippen LogP contribution in [0, 0.1) is 5.92 Å². The van der Waals surface area contributed by atoms with Gasteiger partial charge < -0.3 is 30.5 Å². The molecule has 1 aliphatic heterocycles. The van der Waals surface area contributed by atoms with Gasteiger partial charge in [0.2, 0.25) is 5.91 Å². The largest absolute Gasteiger partial charge is 0.507 e. The molecule has 2 aromatic carbocycles. The standard InChI is InChI=1S/C21H23N3O5/c1-4-29-13-9-10-14(16(25)11-13)19-18(12(2)22-21(27)24-19)20(26)23-15-7-5-6-8-17(15)28-3/h5-11,18-19,25H,2,4H2,1,3H3,(H,23,26)(H2,22,24,27)/t18-,19+/m1/s1. The maximum Gasteiger partial charge on any atom is 0.319 e. The number of urea groups is 1. The summed E-state index contributed by atoms with van der Waals surface area (Å²) >= 11 is 0. The van der Waals surface area contributed by atoms with Gasteiger partial charge in [-0.3, -0.25) is 4.79 Å². The Balaban J connectivity index is 1.93. The third-order valence-electron chi connectivity index (χ3n) is 4.56. The molecular weight excluding hydrogens is 374 g/mol. The number of amides is 3. The number of anilines is 1. The van der Waals surface area contributed by atoms with E-state index in [-0.39, 0.29) is 11.4 Å². The Morgan fingerprint density at radius 2 is 2.03 bits per heavy atom.